The molecule has 2 spiro atoms. The fourth-order valence-electron chi connectivity index (χ4n) is 9.38. The van der Waals surface area contributed by atoms with Crippen molar-refractivity contribution in [3.05, 3.63) is 68.8 Å². The first-order valence-corrected chi connectivity index (χ1v) is 20.3. The van der Waals surface area contributed by atoms with Gasteiger partial charge in [-0.25, -0.2) is 4.98 Å². The van der Waals surface area contributed by atoms with Crippen molar-refractivity contribution in [1.82, 2.24) is 19.8 Å². The molecule has 54 heavy (non-hydrogen) atoms. The van der Waals surface area contributed by atoms with Crippen LogP contribution in [0.4, 0.5) is 0 Å². The fraction of sp³-hybridized carbons (Fsp3) is 0.571. The molecule has 0 aromatic carbocycles. The molecule has 6 fully saturated rings. The SMILES string of the molecule is N#CC1=C(N2CCC3(CCC3)CC2)c2cc(C3CC3)ncc2CC1=O.N#CC1=C(N2CCC3(CCC3)CC2)c2cc(Cl)ncc2CC1=O.OB(O)C1CC1. The number of pyridine rings is 2. The molecule has 2 aliphatic heterocycles. The monoisotopic (exact) mass is 746 g/mol. The van der Waals surface area contributed by atoms with Gasteiger partial charge in [0.05, 0.1) is 11.4 Å². The number of halogens is 1. The van der Waals surface area contributed by atoms with Gasteiger partial charge in [-0.15, -0.1) is 0 Å². The Balaban J connectivity index is 0.000000133. The van der Waals surface area contributed by atoms with Gasteiger partial charge in [-0.3, -0.25) is 14.6 Å². The van der Waals surface area contributed by atoms with Crippen LogP contribution in [0.3, 0.4) is 0 Å². The quantitative estimate of drug-likeness (QED) is 0.259. The molecule has 0 bridgehead atoms. The van der Waals surface area contributed by atoms with Crippen LogP contribution in [0.1, 0.15) is 124 Å². The Morgan fingerprint density at radius 1 is 0.704 bits per heavy atom. The molecule has 4 heterocycles. The van der Waals surface area contributed by atoms with E-state index in [0.717, 1.165) is 91.2 Å². The zero-order valence-corrected chi connectivity index (χ0v) is 31.7. The van der Waals surface area contributed by atoms with Gasteiger partial charge in [0.1, 0.15) is 28.4 Å². The number of nitrogens with zero attached hydrogens (tertiary/aromatic N) is 6. The molecule has 10 rings (SSSR count). The molecule has 4 saturated carbocycles. The summed E-state index contributed by atoms with van der Waals surface area (Å²) < 4.78 is 0. The summed E-state index contributed by atoms with van der Waals surface area (Å²) in [5, 5.41) is 36.1. The maximum atomic E-state index is 12.5. The van der Waals surface area contributed by atoms with Gasteiger partial charge in [0.25, 0.3) is 0 Å². The van der Waals surface area contributed by atoms with Crippen molar-refractivity contribution in [3.63, 3.8) is 0 Å². The van der Waals surface area contributed by atoms with Crippen LogP contribution in [0.25, 0.3) is 11.4 Å². The predicted molar refractivity (Wildman–Crippen MR) is 205 cm³/mol. The Bertz CT molecular complexity index is 1980. The topological polar surface area (TPSA) is 154 Å². The highest BCUT2D eigenvalue weighted by atomic mass is 35.5. The minimum atomic E-state index is -1.04. The largest absolute Gasteiger partial charge is 0.454 e. The number of rotatable bonds is 4. The third-order valence-corrected chi connectivity index (χ3v) is 13.8. The first-order chi connectivity index (χ1) is 26.1. The number of carbonyl (C=O) groups excluding carboxylic acids is 2. The van der Waals surface area contributed by atoms with E-state index in [4.69, 9.17) is 21.6 Å². The first kappa shape index (κ1) is 36.9. The summed E-state index contributed by atoms with van der Waals surface area (Å²) in [5.41, 5.74) is 8.41. The first-order valence-electron chi connectivity index (χ1n) is 20.0. The van der Waals surface area contributed by atoms with E-state index in [1.54, 1.807) is 12.3 Å². The molecule has 280 valence electrons. The van der Waals surface area contributed by atoms with Crippen LogP contribution in [0.5, 0.6) is 0 Å². The van der Waals surface area contributed by atoms with E-state index in [1.807, 2.05) is 6.20 Å². The summed E-state index contributed by atoms with van der Waals surface area (Å²) in [6.45, 7) is 3.75. The number of ketones is 2. The Hall–Kier alpha value is -4.03. The number of piperidine rings is 2. The van der Waals surface area contributed by atoms with Crippen LogP contribution < -0.4 is 0 Å². The third kappa shape index (κ3) is 7.35. The maximum absolute atomic E-state index is 12.5. The number of allylic oxidation sites excluding steroid dienone is 2. The van der Waals surface area contributed by atoms with Crippen molar-refractivity contribution in [2.24, 2.45) is 10.8 Å². The van der Waals surface area contributed by atoms with Crippen molar-refractivity contribution >= 4 is 41.7 Å². The van der Waals surface area contributed by atoms with E-state index < -0.39 is 7.12 Å². The fourth-order valence-corrected chi connectivity index (χ4v) is 9.54. The minimum Gasteiger partial charge on any atom is -0.427 e. The predicted octanol–water partition coefficient (Wildman–Crippen LogP) is 6.57. The van der Waals surface area contributed by atoms with Crippen LogP contribution in [0.2, 0.25) is 11.0 Å². The van der Waals surface area contributed by atoms with Crippen LogP contribution >= 0.6 is 11.6 Å². The molecular weight excluding hydrogens is 699 g/mol. The second kappa shape index (κ2) is 14.9. The van der Waals surface area contributed by atoms with Crippen LogP contribution in [0, 0.1) is 33.5 Å². The van der Waals surface area contributed by atoms with Gasteiger partial charge in [-0.2, -0.15) is 10.5 Å². The number of aromatic nitrogens is 2. The van der Waals surface area contributed by atoms with E-state index in [9.17, 15) is 20.1 Å². The second-order valence-corrected chi connectivity index (χ2v) is 17.4. The Morgan fingerprint density at radius 2 is 1.17 bits per heavy atom. The maximum Gasteiger partial charge on any atom is 0.454 e. The van der Waals surface area contributed by atoms with Gasteiger partial charge < -0.3 is 19.8 Å². The van der Waals surface area contributed by atoms with Crippen LogP contribution in [0.15, 0.2) is 35.7 Å². The number of nitriles is 2. The number of fused-ring (bicyclic) bond motifs is 2. The van der Waals surface area contributed by atoms with E-state index in [1.165, 1.54) is 64.2 Å². The van der Waals surface area contributed by atoms with Crippen LogP contribution in [-0.4, -0.2) is 74.7 Å². The standard InChI is InChI=1S/C21H23N3O.C18H18ClN3O.C3H7BO2/c22-12-17-19(25)10-15-13-23-18(14-2-3-14)11-16(15)20(17)24-8-6-21(7-9-24)4-1-5-21;19-16-9-13-12(11-21-16)8-15(23)14(10-20)17(13)22-6-4-18(5-7-22)2-1-3-18;5-4(6)3-1-2-3/h11,13-14H,1-10H2;9,11H,1-8H2;3,5-6H,1-2H2. The molecule has 2 saturated heterocycles. The molecule has 2 aromatic heterocycles. The highest BCUT2D eigenvalue weighted by Gasteiger charge is 2.43. The summed E-state index contributed by atoms with van der Waals surface area (Å²) >= 11 is 6.07. The summed E-state index contributed by atoms with van der Waals surface area (Å²) in [7, 11) is -1.04. The van der Waals surface area contributed by atoms with Gasteiger partial charge in [-0.05, 0) is 104 Å². The number of likely N-dealkylation sites (tertiary alicyclic amines) is 2. The molecular formula is C42H48BClN6O4. The van der Waals surface area contributed by atoms with Crippen molar-refractivity contribution < 1.29 is 19.6 Å². The molecule has 6 aliphatic carbocycles. The second-order valence-electron chi connectivity index (χ2n) is 17.0. The molecule has 2 aromatic rings. The van der Waals surface area contributed by atoms with Crippen LogP contribution in [-0.2, 0) is 22.4 Å². The number of hydrogen-bond acceptors (Lipinski definition) is 10. The number of hydrogen-bond donors (Lipinski definition) is 2. The Morgan fingerprint density at radius 3 is 1.54 bits per heavy atom. The zero-order chi connectivity index (χ0) is 37.6. The van der Waals surface area contributed by atoms with E-state index in [-0.39, 0.29) is 29.4 Å². The highest BCUT2D eigenvalue weighted by Crippen LogP contribution is 2.52. The molecule has 0 unspecified atom stereocenters. The van der Waals surface area contributed by atoms with E-state index >= 15 is 0 Å². The minimum absolute atomic E-state index is 0.0464. The summed E-state index contributed by atoms with van der Waals surface area (Å²) in [4.78, 5) is 38.1. The van der Waals surface area contributed by atoms with Gasteiger partial charge in [0.2, 0.25) is 0 Å². The van der Waals surface area contributed by atoms with Gasteiger partial charge in [0.15, 0.2) is 11.6 Å². The average Bonchev–Trinajstić information content (AvgIpc) is 4.07. The van der Waals surface area contributed by atoms with Crippen molar-refractivity contribution in [2.45, 2.75) is 114 Å². The van der Waals surface area contributed by atoms with Crippen molar-refractivity contribution in [2.75, 3.05) is 26.2 Å². The molecule has 0 amide bonds. The van der Waals surface area contributed by atoms with Gasteiger partial charge >= 0.3 is 7.12 Å². The smallest absolute Gasteiger partial charge is 0.427 e. The summed E-state index contributed by atoms with van der Waals surface area (Å²) in [5.74, 6) is 0.636. The molecule has 0 radical (unpaired) electrons. The molecule has 12 heteroatoms. The lowest BCUT2D eigenvalue weighted by Gasteiger charge is -2.49. The average molecular weight is 747 g/mol. The van der Waals surface area contributed by atoms with Gasteiger partial charge in [-0.1, -0.05) is 37.3 Å². The lowest BCUT2D eigenvalue weighted by Crippen LogP contribution is -2.43. The lowest BCUT2D eigenvalue weighted by molar-refractivity contribution is -0.115. The normalized spacial score (nSPS) is 23.4. The summed E-state index contributed by atoms with van der Waals surface area (Å²) in [6, 6.07) is 8.32. The Kier molecular flexibility index (Phi) is 10.2. The lowest BCUT2D eigenvalue weighted by atomic mass is 9.63. The molecule has 10 nitrogen and oxygen atoms in total. The highest BCUT2D eigenvalue weighted by molar-refractivity contribution is 6.44. The number of Topliss-reactive ketones (excluding diaryl/α,β-unsaturated/α-hetero) is 2. The molecule has 2 N–H and O–H groups in total. The van der Waals surface area contributed by atoms with Crippen molar-refractivity contribution in [1.29, 1.82) is 10.5 Å². The Labute approximate surface area is 323 Å². The van der Waals surface area contributed by atoms with E-state index in [0.29, 0.717) is 33.9 Å². The van der Waals surface area contributed by atoms with E-state index in [2.05, 4.69) is 38.0 Å². The summed E-state index contributed by atoms with van der Waals surface area (Å²) in [6.07, 6.45) is 21.3. The molecule has 0 atom stereocenters. The third-order valence-electron chi connectivity index (χ3n) is 13.6. The van der Waals surface area contributed by atoms with Gasteiger partial charge in [0, 0.05) is 74.2 Å². The zero-order valence-electron chi connectivity index (χ0n) is 31.0. The van der Waals surface area contributed by atoms with Crippen molar-refractivity contribution in [3.8, 4) is 12.1 Å². The number of carbonyl (C=O) groups is 2. The molecule has 8 aliphatic rings.